The highest BCUT2D eigenvalue weighted by molar-refractivity contribution is 5.99. The number of hydrogen-bond acceptors (Lipinski definition) is 6. The van der Waals surface area contributed by atoms with E-state index < -0.39 is 0 Å². The maximum Gasteiger partial charge on any atom is 0.253 e. The highest BCUT2D eigenvalue weighted by Gasteiger charge is 2.25. The molecule has 1 amide bonds. The van der Waals surface area contributed by atoms with Crippen LogP contribution >= 0.6 is 0 Å². The summed E-state index contributed by atoms with van der Waals surface area (Å²) in [6.45, 7) is 16.2. The summed E-state index contributed by atoms with van der Waals surface area (Å²) in [7, 11) is 0. The van der Waals surface area contributed by atoms with Gasteiger partial charge in [0.2, 0.25) is 0 Å². The number of amides is 1. The van der Waals surface area contributed by atoms with Gasteiger partial charge in [-0.25, -0.2) is 0 Å². The Hall–Kier alpha value is -3.46. The van der Waals surface area contributed by atoms with Crippen LogP contribution in [0.1, 0.15) is 65.0 Å². The lowest BCUT2D eigenvalue weighted by atomic mass is 9.94. The van der Waals surface area contributed by atoms with Gasteiger partial charge in [0.05, 0.1) is 12.7 Å². The molecule has 3 aromatic rings. The predicted octanol–water partition coefficient (Wildman–Crippen LogP) is 5.12. The number of carbonyl (C=O) groups is 1. The topological polar surface area (TPSA) is 86.9 Å². The average molecular weight is 587 g/mol. The number of morpholine rings is 1. The van der Waals surface area contributed by atoms with Crippen molar-refractivity contribution in [3.8, 4) is 11.1 Å². The van der Waals surface area contributed by atoms with Crippen molar-refractivity contribution in [2.75, 3.05) is 44.4 Å². The van der Waals surface area contributed by atoms with Crippen molar-refractivity contribution in [2.24, 2.45) is 0 Å². The Kier molecular flexibility index (Phi) is 10.0. The fourth-order valence-electron chi connectivity index (χ4n) is 6.48. The second kappa shape index (κ2) is 13.9. The van der Waals surface area contributed by atoms with Crippen molar-refractivity contribution in [3.05, 3.63) is 86.3 Å². The number of carbonyl (C=O) groups excluding carboxylic acids is 1. The minimum Gasteiger partial charge on any atom is -0.381 e. The summed E-state index contributed by atoms with van der Waals surface area (Å²) >= 11 is 0. The Bertz CT molecular complexity index is 1480. The monoisotopic (exact) mass is 586 g/mol. The van der Waals surface area contributed by atoms with E-state index in [4.69, 9.17) is 9.47 Å². The third-order valence-electron chi connectivity index (χ3n) is 8.84. The van der Waals surface area contributed by atoms with Crippen molar-refractivity contribution in [1.29, 1.82) is 0 Å². The molecule has 8 heteroatoms. The van der Waals surface area contributed by atoms with E-state index in [1.54, 1.807) is 0 Å². The Morgan fingerprint density at radius 3 is 2.47 bits per heavy atom. The van der Waals surface area contributed by atoms with Crippen molar-refractivity contribution in [3.63, 3.8) is 0 Å². The zero-order chi connectivity index (χ0) is 30.5. The first-order valence-electron chi connectivity index (χ1n) is 15.6. The standard InChI is InChI=1S/C35H46N4O4/c1-6-39(30-11-14-42-15-12-30)33-19-29(28-9-7-27(8-10-28)22-38-13-16-43-25(4)21-38)18-31(26(33)5)34(40)36-20-32-23(2)17-24(3)37-35(32)41/h7-10,17-19,25,30H,6,11-16,20-22H2,1-5H3,(H,36,40)(H,37,41)/t25-/m0/s1. The first-order chi connectivity index (χ1) is 20.7. The van der Waals surface area contributed by atoms with Gasteiger partial charge in [0.1, 0.15) is 0 Å². The summed E-state index contributed by atoms with van der Waals surface area (Å²) in [5.41, 5.74) is 8.10. The van der Waals surface area contributed by atoms with Crippen molar-refractivity contribution < 1.29 is 14.3 Å². The number of rotatable bonds is 9. The third-order valence-corrected chi connectivity index (χ3v) is 8.84. The zero-order valence-electron chi connectivity index (χ0n) is 26.3. The van der Waals surface area contributed by atoms with Crippen LogP contribution in [-0.4, -0.2) is 67.4 Å². The Balaban J connectivity index is 1.46. The molecule has 0 radical (unpaired) electrons. The third kappa shape index (κ3) is 7.37. The molecule has 3 heterocycles. The van der Waals surface area contributed by atoms with Gasteiger partial charge in [0.25, 0.3) is 11.5 Å². The van der Waals surface area contributed by atoms with Crippen LogP contribution in [0.15, 0.2) is 47.3 Å². The summed E-state index contributed by atoms with van der Waals surface area (Å²) < 4.78 is 11.4. The molecule has 1 atom stereocenters. The zero-order valence-corrected chi connectivity index (χ0v) is 26.3. The minimum absolute atomic E-state index is 0.160. The second-order valence-corrected chi connectivity index (χ2v) is 12.0. The van der Waals surface area contributed by atoms with E-state index in [2.05, 4.69) is 64.3 Å². The summed E-state index contributed by atoms with van der Waals surface area (Å²) in [4.78, 5) is 34.1. The van der Waals surface area contributed by atoms with Crippen molar-refractivity contribution in [2.45, 2.75) is 72.7 Å². The largest absolute Gasteiger partial charge is 0.381 e. The van der Waals surface area contributed by atoms with E-state index in [-0.39, 0.29) is 24.1 Å². The second-order valence-electron chi connectivity index (χ2n) is 12.0. The van der Waals surface area contributed by atoms with E-state index in [1.807, 2.05) is 32.9 Å². The molecule has 2 fully saturated rings. The molecule has 0 spiro atoms. The number of aromatic nitrogens is 1. The molecule has 0 aliphatic carbocycles. The molecule has 1 aromatic heterocycles. The van der Waals surface area contributed by atoms with Gasteiger partial charge in [-0.3, -0.25) is 14.5 Å². The molecule has 0 bridgehead atoms. The van der Waals surface area contributed by atoms with Gasteiger partial charge in [-0.2, -0.15) is 0 Å². The van der Waals surface area contributed by atoms with Gasteiger partial charge in [-0.05, 0) is 93.5 Å². The molecular weight excluding hydrogens is 540 g/mol. The SMILES string of the molecule is CCN(c1cc(-c2ccc(CN3CCO[C@@H](C)C3)cc2)cc(C(=O)NCc2c(C)cc(C)[nH]c2=O)c1C)C1CCOCC1. The van der Waals surface area contributed by atoms with Crippen molar-refractivity contribution in [1.82, 2.24) is 15.2 Å². The minimum atomic E-state index is -0.180. The lowest BCUT2D eigenvalue weighted by Crippen LogP contribution is -2.40. The van der Waals surface area contributed by atoms with Crippen LogP contribution in [0.25, 0.3) is 11.1 Å². The molecule has 230 valence electrons. The normalized spacial score (nSPS) is 18.0. The van der Waals surface area contributed by atoms with Crippen LogP contribution in [0.5, 0.6) is 0 Å². The van der Waals surface area contributed by atoms with Gasteiger partial charge in [-0.1, -0.05) is 24.3 Å². The fourth-order valence-corrected chi connectivity index (χ4v) is 6.48. The van der Waals surface area contributed by atoms with Crippen LogP contribution < -0.4 is 15.8 Å². The molecule has 2 aromatic carbocycles. The quantitative estimate of drug-likeness (QED) is 0.362. The first-order valence-corrected chi connectivity index (χ1v) is 15.6. The Morgan fingerprint density at radius 2 is 1.79 bits per heavy atom. The molecule has 0 unspecified atom stereocenters. The number of H-pyrrole nitrogens is 1. The van der Waals surface area contributed by atoms with Crippen LogP contribution in [0.4, 0.5) is 5.69 Å². The van der Waals surface area contributed by atoms with E-state index in [9.17, 15) is 9.59 Å². The summed E-state index contributed by atoms with van der Waals surface area (Å²) in [5.74, 6) is -0.180. The number of aromatic amines is 1. The maximum atomic E-state index is 13.8. The highest BCUT2D eigenvalue weighted by atomic mass is 16.5. The van der Waals surface area contributed by atoms with Crippen LogP contribution in [0, 0.1) is 20.8 Å². The van der Waals surface area contributed by atoms with Crippen LogP contribution in [0.3, 0.4) is 0 Å². The molecule has 8 nitrogen and oxygen atoms in total. The number of benzene rings is 2. The number of ether oxygens (including phenoxy) is 2. The highest BCUT2D eigenvalue weighted by Crippen LogP contribution is 2.34. The lowest BCUT2D eigenvalue weighted by molar-refractivity contribution is -0.0212. The van der Waals surface area contributed by atoms with Crippen LogP contribution in [0.2, 0.25) is 0 Å². The Labute approximate surface area is 255 Å². The number of nitrogens with zero attached hydrogens (tertiary/aromatic N) is 2. The molecule has 2 aliphatic heterocycles. The molecule has 2 N–H and O–H groups in total. The van der Waals surface area contributed by atoms with E-state index in [0.717, 1.165) is 92.5 Å². The summed E-state index contributed by atoms with van der Waals surface area (Å²) in [6, 6.07) is 15.2. The van der Waals surface area contributed by atoms with Crippen LogP contribution in [-0.2, 0) is 22.6 Å². The summed E-state index contributed by atoms with van der Waals surface area (Å²) in [5, 5.41) is 3.04. The summed E-state index contributed by atoms with van der Waals surface area (Å²) in [6.07, 6.45) is 2.18. The van der Waals surface area contributed by atoms with Gasteiger partial charge in [0.15, 0.2) is 0 Å². The first kappa shape index (κ1) is 31.0. The number of hydrogen-bond donors (Lipinski definition) is 2. The van der Waals surface area contributed by atoms with E-state index >= 15 is 0 Å². The van der Waals surface area contributed by atoms with E-state index in [0.29, 0.717) is 17.2 Å². The average Bonchev–Trinajstić information content (AvgIpc) is 2.99. The smallest absolute Gasteiger partial charge is 0.253 e. The number of nitrogens with one attached hydrogen (secondary N) is 2. The van der Waals surface area contributed by atoms with E-state index in [1.165, 1.54) is 5.56 Å². The molecule has 43 heavy (non-hydrogen) atoms. The Morgan fingerprint density at radius 1 is 1.05 bits per heavy atom. The number of aryl methyl sites for hydroxylation is 2. The molecule has 2 saturated heterocycles. The predicted molar refractivity (Wildman–Crippen MR) is 172 cm³/mol. The number of anilines is 1. The molecule has 2 aliphatic rings. The molecular formula is C35H46N4O4. The van der Waals surface area contributed by atoms with Gasteiger partial charge < -0.3 is 24.7 Å². The van der Waals surface area contributed by atoms with Gasteiger partial charge in [-0.15, -0.1) is 0 Å². The lowest BCUT2D eigenvalue weighted by Gasteiger charge is -2.37. The molecule has 5 rings (SSSR count). The fraction of sp³-hybridized carbons (Fsp3) is 0.486. The van der Waals surface area contributed by atoms with Gasteiger partial charge >= 0.3 is 0 Å². The molecule has 0 saturated carbocycles. The maximum absolute atomic E-state index is 13.8. The number of pyridine rings is 1. The van der Waals surface area contributed by atoms with Crippen molar-refractivity contribution >= 4 is 11.6 Å². The van der Waals surface area contributed by atoms with Gasteiger partial charge in [0, 0.05) is 74.5 Å².